The number of nitrogens with one attached hydrogen (secondary N) is 2. The monoisotopic (exact) mass is 288 g/mol. The number of carbonyl (C=O) groups is 1. The molecule has 1 heterocycles. The number of hydrogen-bond donors (Lipinski definition) is 2. The van der Waals surface area contributed by atoms with E-state index in [1.165, 1.54) is 11.1 Å². The van der Waals surface area contributed by atoms with Crippen LogP contribution in [0.15, 0.2) is 24.3 Å². The zero-order chi connectivity index (χ0) is 14.9. The lowest BCUT2D eigenvalue weighted by Gasteiger charge is -2.28. The SMILES string of the molecule is C[C@H](NC(=O)NC1(C)Cc2ccccc2C1)[C@H]1CCOC1. The van der Waals surface area contributed by atoms with E-state index in [1.54, 1.807) is 0 Å². The molecule has 0 saturated carbocycles. The van der Waals surface area contributed by atoms with Crippen LogP contribution < -0.4 is 10.6 Å². The Kier molecular flexibility index (Phi) is 3.89. The molecule has 0 spiro atoms. The van der Waals surface area contributed by atoms with E-state index in [1.807, 2.05) is 0 Å². The normalized spacial score (nSPS) is 24.4. The van der Waals surface area contributed by atoms with Crippen LogP contribution in [0.2, 0.25) is 0 Å². The second-order valence-corrected chi connectivity index (χ2v) is 6.69. The van der Waals surface area contributed by atoms with Crippen molar-refractivity contribution >= 4 is 6.03 Å². The van der Waals surface area contributed by atoms with E-state index in [4.69, 9.17) is 4.74 Å². The van der Waals surface area contributed by atoms with Crippen LogP contribution in [0.4, 0.5) is 4.79 Å². The predicted octanol–water partition coefficient (Wildman–Crippen LogP) is 2.27. The van der Waals surface area contributed by atoms with Gasteiger partial charge in [0.15, 0.2) is 0 Å². The number of carbonyl (C=O) groups excluding carboxylic acids is 1. The number of amides is 2. The second-order valence-electron chi connectivity index (χ2n) is 6.69. The van der Waals surface area contributed by atoms with E-state index in [2.05, 4.69) is 48.7 Å². The highest BCUT2D eigenvalue weighted by molar-refractivity contribution is 5.75. The fourth-order valence-corrected chi connectivity index (χ4v) is 3.48. The molecule has 0 unspecified atom stereocenters. The minimum Gasteiger partial charge on any atom is -0.381 e. The maximum atomic E-state index is 12.3. The standard InChI is InChI=1S/C17H24N2O2/c1-12(15-7-8-21-11-15)18-16(20)19-17(2)9-13-5-3-4-6-14(13)10-17/h3-6,12,15H,7-11H2,1-2H3,(H2,18,19,20)/t12-,15-/m0/s1. The molecule has 0 bridgehead atoms. The average molecular weight is 288 g/mol. The highest BCUT2D eigenvalue weighted by atomic mass is 16.5. The summed E-state index contributed by atoms with van der Waals surface area (Å²) in [5.41, 5.74) is 2.51. The molecule has 4 nitrogen and oxygen atoms in total. The van der Waals surface area contributed by atoms with E-state index in [-0.39, 0.29) is 17.6 Å². The third-order valence-electron chi connectivity index (χ3n) is 4.73. The Balaban J connectivity index is 1.55. The summed E-state index contributed by atoms with van der Waals surface area (Å²) in [4.78, 5) is 12.3. The predicted molar refractivity (Wildman–Crippen MR) is 82.3 cm³/mol. The molecule has 2 N–H and O–H groups in total. The van der Waals surface area contributed by atoms with Crippen molar-refractivity contribution in [3.8, 4) is 0 Å². The molecule has 1 aromatic carbocycles. The lowest BCUT2D eigenvalue weighted by atomic mass is 9.98. The van der Waals surface area contributed by atoms with Gasteiger partial charge in [-0.25, -0.2) is 4.79 Å². The van der Waals surface area contributed by atoms with E-state index >= 15 is 0 Å². The van der Waals surface area contributed by atoms with Crippen LogP contribution in [0.3, 0.4) is 0 Å². The van der Waals surface area contributed by atoms with Crippen LogP contribution in [0.1, 0.15) is 31.4 Å². The summed E-state index contributed by atoms with van der Waals surface area (Å²) in [5, 5.41) is 6.24. The van der Waals surface area contributed by atoms with Crippen molar-refractivity contribution in [2.75, 3.05) is 13.2 Å². The second kappa shape index (κ2) is 5.68. The van der Waals surface area contributed by atoms with Gasteiger partial charge in [-0.05, 0) is 44.2 Å². The van der Waals surface area contributed by atoms with Gasteiger partial charge in [-0.1, -0.05) is 24.3 Å². The van der Waals surface area contributed by atoms with Crippen molar-refractivity contribution in [1.82, 2.24) is 10.6 Å². The molecule has 0 radical (unpaired) electrons. The van der Waals surface area contributed by atoms with Gasteiger partial charge in [-0.3, -0.25) is 0 Å². The fourth-order valence-electron chi connectivity index (χ4n) is 3.48. The summed E-state index contributed by atoms with van der Waals surface area (Å²) in [7, 11) is 0. The van der Waals surface area contributed by atoms with Gasteiger partial charge in [-0.2, -0.15) is 0 Å². The maximum Gasteiger partial charge on any atom is 0.315 e. The van der Waals surface area contributed by atoms with Crippen molar-refractivity contribution < 1.29 is 9.53 Å². The average Bonchev–Trinajstić information content (AvgIpc) is 3.03. The van der Waals surface area contributed by atoms with Crippen LogP contribution in [0.25, 0.3) is 0 Å². The van der Waals surface area contributed by atoms with Gasteiger partial charge in [0.05, 0.1) is 6.61 Å². The summed E-state index contributed by atoms with van der Waals surface area (Å²) >= 11 is 0. The lowest BCUT2D eigenvalue weighted by molar-refractivity contribution is 0.177. The molecule has 21 heavy (non-hydrogen) atoms. The van der Waals surface area contributed by atoms with Gasteiger partial charge in [0.1, 0.15) is 0 Å². The summed E-state index contributed by atoms with van der Waals surface area (Å²) in [6, 6.07) is 8.52. The molecule has 1 aromatic rings. The Bertz CT molecular complexity index is 498. The molecule has 1 aliphatic carbocycles. The molecule has 0 aromatic heterocycles. The summed E-state index contributed by atoms with van der Waals surface area (Å²) in [6.45, 7) is 5.75. The molecule has 2 amide bonds. The number of rotatable bonds is 3. The Hall–Kier alpha value is -1.55. The summed E-state index contributed by atoms with van der Waals surface area (Å²) in [6.07, 6.45) is 2.83. The quantitative estimate of drug-likeness (QED) is 0.896. The van der Waals surface area contributed by atoms with E-state index < -0.39 is 0 Å². The van der Waals surface area contributed by atoms with E-state index in [9.17, 15) is 4.79 Å². The minimum absolute atomic E-state index is 0.0651. The minimum atomic E-state index is -0.181. The number of benzene rings is 1. The topological polar surface area (TPSA) is 50.4 Å². The first kappa shape index (κ1) is 14.4. The Labute approximate surface area is 126 Å². The molecular weight excluding hydrogens is 264 g/mol. The van der Waals surface area contributed by atoms with Gasteiger partial charge in [0, 0.05) is 24.1 Å². The van der Waals surface area contributed by atoms with E-state index in [0.29, 0.717) is 5.92 Å². The first-order valence-corrected chi connectivity index (χ1v) is 7.79. The molecule has 1 saturated heterocycles. The number of urea groups is 1. The Morgan fingerprint density at radius 3 is 2.57 bits per heavy atom. The zero-order valence-electron chi connectivity index (χ0n) is 12.8. The largest absolute Gasteiger partial charge is 0.381 e. The molecule has 3 rings (SSSR count). The van der Waals surface area contributed by atoms with Crippen molar-refractivity contribution in [1.29, 1.82) is 0 Å². The highest BCUT2D eigenvalue weighted by Crippen LogP contribution is 2.29. The van der Waals surface area contributed by atoms with Gasteiger partial charge >= 0.3 is 6.03 Å². The van der Waals surface area contributed by atoms with Crippen molar-refractivity contribution in [3.63, 3.8) is 0 Å². The summed E-state index contributed by atoms with van der Waals surface area (Å²) in [5.74, 6) is 0.435. The number of fused-ring (bicyclic) bond motifs is 1. The summed E-state index contributed by atoms with van der Waals surface area (Å²) < 4.78 is 5.38. The third kappa shape index (κ3) is 3.21. The Morgan fingerprint density at radius 2 is 2.00 bits per heavy atom. The Morgan fingerprint density at radius 1 is 1.33 bits per heavy atom. The van der Waals surface area contributed by atoms with E-state index in [0.717, 1.165) is 32.5 Å². The third-order valence-corrected chi connectivity index (χ3v) is 4.73. The van der Waals surface area contributed by atoms with Crippen LogP contribution >= 0.6 is 0 Å². The van der Waals surface area contributed by atoms with Crippen LogP contribution in [-0.2, 0) is 17.6 Å². The molecule has 2 aliphatic rings. The first-order valence-electron chi connectivity index (χ1n) is 7.79. The smallest absolute Gasteiger partial charge is 0.315 e. The molecule has 4 heteroatoms. The van der Waals surface area contributed by atoms with Crippen LogP contribution in [-0.4, -0.2) is 30.8 Å². The molecular formula is C17H24N2O2. The zero-order valence-corrected chi connectivity index (χ0v) is 12.8. The van der Waals surface area contributed by atoms with Gasteiger partial charge in [0.2, 0.25) is 0 Å². The number of ether oxygens (including phenoxy) is 1. The number of hydrogen-bond acceptors (Lipinski definition) is 2. The fraction of sp³-hybridized carbons (Fsp3) is 0.588. The maximum absolute atomic E-state index is 12.3. The first-order chi connectivity index (χ1) is 10.1. The van der Waals surface area contributed by atoms with Crippen LogP contribution in [0, 0.1) is 5.92 Å². The van der Waals surface area contributed by atoms with Crippen molar-refractivity contribution in [3.05, 3.63) is 35.4 Å². The van der Waals surface area contributed by atoms with Crippen LogP contribution in [0.5, 0.6) is 0 Å². The molecule has 1 fully saturated rings. The van der Waals surface area contributed by atoms with Crippen molar-refractivity contribution in [2.45, 2.75) is 44.7 Å². The molecule has 2 atom stereocenters. The molecule has 114 valence electrons. The van der Waals surface area contributed by atoms with Crippen molar-refractivity contribution in [2.24, 2.45) is 5.92 Å². The highest BCUT2D eigenvalue weighted by Gasteiger charge is 2.34. The molecule has 1 aliphatic heterocycles. The van der Waals surface area contributed by atoms with Gasteiger partial charge in [0.25, 0.3) is 0 Å². The van der Waals surface area contributed by atoms with Gasteiger partial charge < -0.3 is 15.4 Å². The van der Waals surface area contributed by atoms with Gasteiger partial charge in [-0.15, -0.1) is 0 Å². The lowest BCUT2D eigenvalue weighted by Crippen LogP contribution is -2.53.